The standard InChI is InChI=1S/C13H11ClN4O3/c14-9-2-1-3-10(7-9)16-13(19)8-4-5-11(17-15)12(6-8)18(20)21/h1-7,17H,15H2,(H,16,19). The van der Waals surface area contributed by atoms with Gasteiger partial charge in [0, 0.05) is 22.3 Å². The Hall–Kier alpha value is -2.64. The van der Waals surface area contributed by atoms with Crippen molar-refractivity contribution in [3.05, 3.63) is 63.2 Å². The molecule has 0 aliphatic heterocycles. The van der Waals surface area contributed by atoms with Gasteiger partial charge in [-0.2, -0.15) is 0 Å². The summed E-state index contributed by atoms with van der Waals surface area (Å²) in [5.41, 5.74) is 2.69. The highest BCUT2D eigenvalue weighted by atomic mass is 35.5. The number of carbonyl (C=O) groups excluding carboxylic acids is 1. The van der Waals surface area contributed by atoms with Crippen molar-refractivity contribution in [2.24, 2.45) is 5.84 Å². The minimum Gasteiger partial charge on any atom is -0.322 e. The second-order valence-electron chi connectivity index (χ2n) is 4.10. The molecule has 0 aliphatic rings. The highest BCUT2D eigenvalue weighted by Gasteiger charge is 2.17. The SMILES string of the molecule is NNc1ccc(C(=O)Nc2cccc(Cl)c2)cc1[N+](=O)[O-]. The van der Waals surface area contributed by atoms with Crippen LogP contribution in [-0.4, -0.2) is 10.8 Å². The van der Waals surface area contributed by atoms with E-state index < -0.39 is 10.8 Å². The van der Waals surface area contributed by atoms with E-state index in [0.717, 1.165) is 6.07 Å². The van der Waals surface area contributed by atoms with Gasteiger partial charge < -0.3 is 10.7 Å². The molecule has 1 amide bonds. The summed E-state index contributed by atoms with van der Waals surface area (Å²) >= 11 is 5.82. The maximum absolute atomic E-state index is 12.1. The lowest BCUT2D eigenvalue weighted by molar-refractivity contribution is -0.384. The van der Waals surface area contributed by atoms with Gasteiger partial charge in [-0.1, -0.05) is 17.7 Å². The lowest BCUT2D eigenvalue weighted by atomic mass is 10.1. The van der Waals surface area contributed by atoms with Crippen LogP contribution in [0, 0.1) is 10.1 Å². The Morgan fingerprint density at radius 2 is 2.00 bits per heavy atom. The molecule has 0 saturated heterocycles. The lowest BCUT2D eigenvalue weighted by Crippen LogP contribution is -2.14. The number of hydrazine groups is 1. The third kappa shape index (κ3) is 3.47. The fourth-order valence-electron chi connectivity index (χ4n) is 1.72. The largest absolute Gasteiger partial charge is 0.322 e. The number of amides is 1. The zero-order valence-electron chi connectivity index (χ0n) is 10.7. The summed E-state index contributed by atoms with van der Waals surface area (Å²) in [6.45, 7) is 0. The van der Waals surface area contributed by atoms with Gasteiger partial charge in [0.2, 0.25) is 0 Å². The number of carbonyl (C=O) groups is 1. The molecule has 108 valence electrons. The molecule has 8 heteroatoms. The van der Waals surface area contributed by atoms with E-state index in [4.69, 9.17) is 17.4 Å². The third-order valence-corrected chi connectivity index (χ3v) is 2.93. The van der Waals surface area contributed by atoms with Crippen LogP contribution in [0.2, 0.25) is 5.02 Å². The molecule has 4 N–H and O–H groups in total. The summed E-state index contributed by atoms with van der Waals surface area (Å²) in [7, 11) is 0. The summed E-state index contributed by atoms with van der Waals surface area (Å²) in [5, 5.41) is 14.0. The van der Waals surface area contributed by atoms with Crippen LogP contribution in [0.1, 0.15) is 10.4 Å². The van der Waals surface area contributed by atoms with Crippen LogP contribution >= 0.6 is 11.6 Å². The number of rotatable bonds is 4. The maximum atomic E-state index is 12.1. The van der Waals surface area contributed by atoms with Crippen LogP contribution < -0.4 is 16.6 Å². The molecular formula is C13H11ClN4O3. The average molecular weight is 307 g/mol. The first kappa shape index (κ1) is 14.8. The summed E-state index contributed by atoms with van der Waals surface area (Å²) in [6.07, 6.45) is 0. The van der Waals surface area contributed by atoms with Gasteiger partial charge in [0.25, 0.3) is 11.6 Å². The van der Waals surface area contributed by atoms with Crippen LogP contribution in [0.5, 0.6) is 0 Å². The number of hydrogen-bond donors (Lipinski definition) is 3. The van der Waals surface area contributed by atoms with Crippen molar-refractivity contribution in [2.45, 2.75) is 0 Å². The van der Waals surface area contributed by atoms with E-state index in [1.807, 2.05) is 0 Å². The van der Waals surface area contributed by atoms with Crippen LogP contribution in [0.4, 0.5) is 17.1 Å². The number of halogens is 1. The molecule has 21 heavy (non-hydrogen) atoms. The minimum absolute atomic E-state index is 0.124. The molecule has 0 bridgehead atoms. The Bertz CT molecular complexity index is 706. The molecule has 0 fully saturated rings. The van der Waals surface area contributed by atoms with Crippen LogP contribution in [0.15, 0.2) is 42.5 Å². The molecule has 0 unspecified atom stereocenters. The topological polar surface area (TPSA) is 110 Å². The average Bonchev–Trinajstić information content (AvgIpc) is 2.46. The first-order valence-corrected chi connectivity index (χ1v) is 6.21. The molecule has 0 aromatic heterocycles. The van der Waals surface area contributed by atoms with Crippen LogP contribution in [0.3, 0.4) is 0 Å². The van der Waals surface area contributed by atoms with Crippen molar-refractivity contribution < 1.29 is 9.72 Å². The summed E-state index contributed by atoms with van der Waals surface area (Å²) in [4.78, 5) is 22.4. The van der Waals surface area contributed by atoms with Crippen molar-refractivity contribution in [3.63, 3.8) is 0 Å². The van der Waals surface area contributed by atoms with E-state index in [-0.39, 0.29) is 16.9 Å². The van der Waals surface area contributed by atoms with Gasteiger partial charge >= 0.3 is 0 Å². The molecule has 2 aromatic carbocycles. The number of nitrogen functional groups attached to an aromatic ring is 1. The number of anilines is 2. The third-order valence-electron chi connectivity index (χ3n) is 2.69. The fourth-order valence-corrected chi connectivity index (χ4v) is 1.91. The van der Waals surface area contributed by atoms with E-state index in [0.29, 0.717) is 10.7 Å². The van der Waals surface area contributed by atoms with Gasteiger partial charge in [-0.3, -0.25) is 20.8 Å². The summed E-state index contributed by atoms with van der Waals surface area (Å²) in [6, 6.07) is 10.5. The lowest BCUT2D eigenvalue weighted by Gasteiger charge is -2.07. The van der Waals surface area contributed by atoms with Gasteiger partial charge in [-0.15, -0.1) is 0 Å². The molecule has 0 heterocycles. The van der Waals surface area contributed by atoms with Crippen molar-refractivity contribution in [2.75, 3.05) is 10.7 Å². The van der Waals surface area contributed by atoms with Gasteiger partial charge in [-0.25, -0.2) is 0 Å². The monoisotopic (exact) mass is 306 g/mol. The molecule has 2 aromatic rings. The zero-order valence-corrected chi connectivity index (χ0v) is 11.4. The zero-order chi connectivity index (χ0) is 15.4. The predicted octanol–water partition coefficient (Wildman–Crippen LogP) is 2.79. The van der Waals surface area contributed by atoms with E-state index in [9.17, 15) is 14.9 Å². The number of nitro groups is 1. The highest BCUT2D eigenvalue weighted by Crippen LogP contribution is 2.25. The Kier molecular flexibility index (Phi) is 4.36. The van der Waals surface area contributed by atoms with E-state index in [2.05, 4.69) is 10.7 Å². The molecule has 0 radical (unpaired) electrons. The smallest absolute Gasteiger partial charge is 0.294 e. The number of nitrogens with one attached hydrogen (secondary N) is 2. The molecular weight excluding hydrogens is 296 g/mol. The van der Waals surface area contributed by atoms with E-state index >= 15 is 0 Å². The molecule has 7 nitrogen and oxygen atoms in total. The summed E-state index contributed by atoms with van der Waals surface area (Å²) < 4.78 is 0. The normalized spacial score (nSPS) is 10.0. The molecule has 0 spiro atoms. The Labute approximate surface area is 124 Å². The first-order valence-electron chi connectivity index (χ1n) is 5.83. The first-order chi connectivity index (χ1) is 10.0. The van der Waals surface area contributed by atoms with Crippen molar-refractivity contribution in [1.82, 2.24) is 0 Å². The number of hydrogen-bond acceptors (Lipinski definition) is 5. The summed E-state index contributed by atoms with van der Waals surface area (Å²) in [5.74, 6) is 4.70. The van der Waals surface area contributed by atoms with Gasteiger partial charge in [-0.05, 0) is 30.3 Å². The molecule has 0 aliphatic carbocycles. The van der Waals surface area contributed by atoms with Gasteiger partial charge in [0.1, 0.15) is 5.69 Å². The second-order valence-corrected chi connectivity index (χ2v) is 4.53. The minimum atomic E-state index is -0.620. The molecule has 0 saturated carbocycles. The fraction of sp³-hybridized carbons (Fsp3) is 0. The van der Waals surface area contributed by atoms with Gasteiger partial charge in [0.05, 0.1) is 4.92 Å². The molecule has 2 rings (SSSR count). The van der Waals surface area contributed by atoms with E-state index in [1.165, 1.54) is 12.1 Å². The van der Waals surface area contributed by atoms with Crippen molar-refractivity contribution >= 4 is 34.6 Å². The number of nitrogens with zero attached hydrogens (tertiary/aromatic N) is 1. The second kappa shape index (κ2) is 6.21. The van der Waals surface area contributed by atoms with Crippen LogP contribution in [-0.2, 0) is 0 Å². The predicted molar refractivity (Wildman–Crippen MR) is 80.3 cm³/mol. The van der Waals surface area contributed by atoms with Gasteiger partial charge in [0.15, 0.2) is 0 Å². The van der Waals surface area contributed by atoms with Crippen molar-refractivity contribution in [3.8, 4) is 0 Å². The number of nitrogens with two attached hydrogens (primary N) is 1. The maximum Gasteiger partial charge on any atom is 0.294 e. The van der Waals surface area contributed by atoms with E-state index in [1.54, 1.807) is 24.3 Å². The Morgan fingerprint density at radius 3 is 2.62 bits per heavy atom. The molecule has 0 atom stereocenters. The van der Waals surface area contributed by atoms with Crippen LogP contribution in [0.25, 0.3) is 0 Å². The highest BCUT2D eigenvalue weighted by molar-refractivity contribution is 6.31. The number of benzene rings is 2. The Balaban J connectivity index is 2.27. The Morgan fingerprint density at radius 1 is 1.24 bits per heavy atom. The quantitative estimate of drug-likeness (QED) is 0.457. The number of nitro benzene ring substituents is 1. The van der Waals surface area contributed by atoms with Crippen molar-refractivity contribution in [1.29, 1.82) is 0 Å².